The van der Waals surface area contributed by atoms with Gasteiger partial charge in [0, 0.05) is 19.6 Å². The van der Waals surface area contributed by atoms with Crippen LogP contribution in [0.3, 0.4) is 0 Å². The highest BCUT2D eigenvalue weighted by Crippen LogP contribution is 1.99. The summed E-state index contributed by atoms with van der Waals surface area (Å²) in [6.45, 7) is 2.82. The summed E-state index contributed by atoms with van der Waals surface area (Å²) >= 11 is 0. The van der Waals surface area contributed by atoms with E-state index < -0.39 is 11.6 Å². The Morgan fingerprint density at radius 2 is 2.08 bits per heavy atom. The first-order chi connectivity index (χ1) is 5.86. The van der Waals surface area contributed by atoms with E-state index in [4.69, 9.17) is 5.11 Å². The van der Waals surface area contributed by atoms with Crippen molar-refractivity contribution in [3.63, 3.8) is 0 Å². The fraction of sp³-hybridized carbons (Fsp3) is 0.875. The Morgan fingerprint density at radius 1 is 1.54 bits per heavy atom. The van der Waals surface area contributed by atoms with E-state index in [1.807, 2.05) is 19.0 Å². The highest BCUT2D eigenvalue weighted by Gasteiger charge is 2.28. The van der Waals surface area contributed by atoms with Gasteiger partial charge in [0.15, 0.2) is 5.60 Å². The number of aliphatic carboxylic acids is 1. The molecule has 0 spiro atoms. The molecule has 0 fully saturated rings. The van der Waals surface area contributed by atoms with Crippen molar-refractivity contribution in [1.29, 1.82) is 0 Å². The number of likely N-dealkylation sites (N-methyl/N-ethyl adjacent to an activating group) is 1. The molecular weight excluding hydrogens is 172 g/mol. The largest absolute Gasteiger partial charge is 0.479 e. The maximum Gasteiger partial charge on any atom is 0.336 e. The summed E-state index contributed by atoms with van der Waals surface area (Å²) in [6, 6.07) is 0. The zero-order chi connectivity index (χ0) is 10.5. The molecule has 0 aromatic rings. The molecule has 1 unspecified atom stereocenters. The average molecular weight is 190 g/mol. The second-order valence-corrected chi connectivity index (χ2v) is 3.56. The van der Waals surface area contributed by atoms with Crippen LogP contribution in [-0.4, -0.2) is 60.4 Å². The first kappa shape index (κ1) is 12.3. The zero-order valence-electron chi connectivity index (χ0n) is 8.37. The van der Waals surface area contributed by atoms with Crippen LogP contribution in [-0.2, 0) is 4.79 Å². The highest BCUT2D eigenvalue weighted by molar-refractivity contribution is 5.76. The Labute approximate surface area is 78.4 Å². The Balaban J connectivity index is 3.58. The Hall–Kier alpha value is -0.650. The predicted molar refractivity (Wildman–Crippen MR) is 49.7 cm³/mol. The summed E-state index contributed by atoms with van der Waals surface area (Å²) in [5.41, 5.74) is -1.67. The maximum atomic E-state index is 10.4. The topological polar surface area (TPSA) is 72.8 Å². The summed E-state index contributed by atoms with van der Waals surface area (Å²) in [5, 5.41) is 20.7. The van der Waals surface area contributed by atoms with E-state index in [1.165, 1.54) is 6.92 Å². The van der Waals surface area contributed by atoms with E-state index in [9.17, 15) is 9.90 Å². The van der Waals surface area contributed by atoms with Gasteiger partial charge in [0.1, 0.15) is 0 Å². The summed E-state index contributed by atoms with van der Waals surface area (Å²) in [7, 11) is 3.86. The quantitative estimate of drug-likeness (QED) is 0.467. The van der Waals surface area contributed by atoms with E-state index in [2.05, 4.69) is 5.32 Å². The van der Waals surface area contributed by atoms with Crippen molar-refractivity contribution in [2.75, 3.05) is 33.7 Å². The lowest BCUT2D eigenvalue weighted by molar-refractivity contribution is -0.156. The Bertz CT molecular complexity index is 169. The summed E-state index contributed by atoms with van der Waals surface area (Å²) in [6.07, 6.45) is 0. The lowest BCUT2D eigenvalue weighted by atomic mass is 10.1. The van der Waals surface area contributed by atoms with Crippen LogP contribution >= 0.6 is 0 Å². The minimum Gasteiger partial charge on any atom is -0.479 e. The second kappa shape index (κ2) is 5.16. The van der Waals surface area contributed by atoms with Gasteiger partial charge in [-0.1, -0.05) is 0 Å². The van der Waals surface area contributed by atoms with Crippen LogP contribution in [0.1, 0.15) is 6.92 Å². The second-order valence-electron chi connectivity index (χ2n) is 3.56. The molecule has 0 aliphatic heterocycles. The van der Waals surface area contributed by atoms with Crippen molar-refractivity contribution in [2.45, 2.75) is 12.5 Å². The van der Waals surface area contributed by atoms with Crippen LogP contribution in [0.5, 0.6) is 0 Å². The molecule has 0 aromatic heterocycles. The number of rotatable bonds is 6. The predicted octanol–water partition coefficient (Wildman–Crippen LogP) is -1.03. The molecule has 0 bridgehead atoms. The van der Waals surface area contributed by atoms with Crippen LogP contribution in [0, 0.1) is 0 Å². The standard InChI is InChI=1S/C8H18N2O3/c1-8(13,7(11)12)6-9-4-5-10(2)3/h9,13H,4-6H2,1-3H3,(H,11,12). The van der Waals surface area contributed by atoms with E-state index in [1.54, 1.807) is 0 Å². The monoisotopic (exact) mass is 190 g/mol. The van der Waals surface area contributed by atoms with E-state index >= 15 is 0 Å². The SMILES string of the molecule is CN(C)CCNCC(C)(O)C(=O)O. The summed E-state index contributed by atoms with van der Waals surface area (Å²) < 4.78 is 0. The van der Waals surface area contributed by atoms with Crippen molar-refractivity contribution in [2.24, 2.45) is 0 Å². The highest BCUT2D eigenvalue weighted by atomic mass is 16.4. The number of hydrogen-bond donors (Lipinski definition) is 3. The van der Waals surface area contributed by atoms with E-state index in [0.717, 1.165) is 6.54 Å². The van der Waals surface area contributed by atoms with Crippen molar-refractivity contribution in [3.8, 4) is 0 Å². The molecule has 13 heavy (non-hydrogen) atoms. The number of carbonyl (C=O) groups is 1. The molecule has 0 aliphatic rings. The van der Waals surface area contributed by atoms with Gasteiger partial charge in [-0.15, -0.1) is 0 Å². The van der Waals surface area contributed by atoms with Crippen molar-refractivity contribution >= 4 is 5.97 Å². The van der Waals surface area contributed by atoms with Gasteiger partial charge in [0.25, 0.3) is 0 Å². The van der Waals surface area contributed by atoms with Crippen LogP contribution in [0.2, 0.25) is 0 Å². The fourth-order valence-electron chi connectivity index (χ4n) is 0.710. The normalized spacial score (nSPS) is 15.8. The minimum absolute atomic E-state index is 0.0656. The van der Waals surface area contributed by atoms with Gasteiger partial charge < -0.3 is 20.4 Å². The average Bonchev–Trinajstić information content (AvgIpc) is 1.97. The van der Waals surface area contributed by atoms with Crippen LogP contribution < -0.4 is 5.32 Å². The van der Waals surface area contributed by atoms with E-state index in [0.29, 0.717) is 6.54 Å². The maximum absolute atomic E-state index is 10.4. The first-order valence-electron chi connectivity index (χ1n) is 4.17. The van der Waals surface area contributed by atoms with Gasteiger partial charge in [0.2, 0.25) is 0 Å². The van der Waals surface area contributed by atoms with Crippen LogP contribution in [0.25, 0.3) is 0 Å². The number of aliphatic hydroxyl groups is 1. The smallest absolute Gasteiger partial charge is 0.336 e. The molecule has 0 rings (SSSR count). The molecule has 0 heterocycles. The number of carboxylic acids is 1. The number of nitrogens with one attached hydrogen (secondary N) is 1. The molecule has 0 saturated carbocycles. The third-order valence-corrected chi connectivity index (χ3v) is 1.67. The van der Waals surface area contributed by atoms with Gasteiger partial charge >= 0.3 is 5.97 Å². The number of hydrogen-bond acceptors (Lipinski definition) is 4. The zero-order valence-corrected chi connectivity index (χ0v) is 8.37. The molecule has 3 N–H and O–H groups in total. The molecule has 0 aliphatic carbocycles. The van der Waals surface area contributed by atoms with Crippen LogP contribution in [0.4, 0.5) is 0 Å². The van der Waals surface area contributed by atoms with Gasteiger partial charge in [0.05, 0.1) is 0 Å². The minimum atomic E-state index is -1.67. The van der Waals surface area contributed by atoms with Crippen molar-refractivity contribution in [3.05, 3.63) is 0 Å². The fourth-order valence-corrected chi connectivity index (χ4v) is 0.710. The lowest BCUT2D eigenvalue weighted by Crippen LogP contribution is -2.46. The summed E-state index contributed by atoms with van der Waals surface area (Å²) in [4.78, 5) is 12.4. The number of carboxylic acid groups (broad SMARTS) is 1. The van der Waals surface area contributed by atoms with Gasteiger partial charge in [-0.2, -0.15) is 0 Å². The van der Waals surface area contributed by atoms with E-state index in [-0.39, 0.29) is 6.54 Å². The molecule has 1 atom stereocenters. The Kier molecular flexibility index (Phi) is 4.90. The molecule has 0 aromatic carbocycles. The molecular formula is C8H18N2O3. The van der Waals surface area contributed by atoms with Crippen molar-refractivity contribution in [1.82, 2.24) is 10.2 Å². The van der Waals surface area contributed by atoms with Gasteiger partial charge in [-0.05, 0) is 21.0 Å². The summed E-state index contributed by atoms with van der Waals surface area (Å²) in [5.74, 6) is -1.20. The molecule has 5 nitrogen and oxygen atoms in total. The molecule has 0 amide bonds. The van der Waals surface area contributed by atoms with Gasteiger partial charge in [-0.3, -0.25) is 0 Å². The molecule has 78 valence electrons. The Morgan fingerprint density at radius 3 is 2.46 bits per heavy atom. The molecule has 0 saturated heterocycles. The molecule has 5 heteroatoms. The molecule has 0 radical (unpaired) electrons. The van der Waals surface area contributed by atoms with Gasteiger partial charge in [-0.25, -0.2) is 4.79 Å². The first-order valence-corrected chi connectivity index (χ1v) is 4.17. The van der Waals surface area contributed by atoms with Crippen molar-refractivity contribution < 1.29 is 15.0 Å². The third-order valence-electron chi connectivity index (χ3n) is 1.67. The number of nitrogens with zero attached hydrogens (tertiary/aromatic N) is 1. The third kappa shape index (κ3) is 5.57. The lowest BCUT2D eigenvalue weighted by Gasteiger charge is -2.19. The van der Waals surface area contributed by atoms with Crippen LogP contribution in [0.15, 0.2) is 0 Å².